The standard InChI is InChI=1S/C12H13IN4OS/c1-3-19-12-15-14-8(2)17(12)16-11(18)9-6-4-5-7-10(9)13/h4-7H,3H2,1-2H3,(H,16,18). The van der Waals surface area contributed by atoms with E-state index in [1.807, 2.05) is 32.0 Å². The van der Waals surface area contributed by atoms with Crippen LogP contribution in [0.1, 0.15) is 23.1 Å². The fraction of sp³-hybridized carbons (Fsp3) is 0.250. The summed E-state index contributed by atoms with van der Waals surface area (Å²) < 4.78 is 2.53. The van der Waals surface area contributed by atoms with E-state index in [2.05, 4.69) is 38.2 Å². The van der Waals surface area contributed by atoms with Crippen LogP contribution in [0, 0.1) is 10.5 Å². The third-order valence-corrected chi connectivity index (χ3v) is 4.15. The predicted molar refractivity (Wildman–Crippen MR) is 84.0 cm³/mol. The van der Waals surface area contributed by atoms with E-state index < -0.39 is 0 Å². The quantitative estimate of drug-likeness (QED) is 0.647. The number of aromatic nitrogens is 3. The van der Waals surface area contributed by atoms with E-state index in [1.165, 1.54) is 11.8 Å². The van der Waals surface area contributed by atoms with Gasteiger partial charge in [0.1, 0.15) is 5.82 Å². The molecule has 0 atom stereocenters. The molecular formula is C12H13IN4OS. The van der Waals surface area contributed by atoms with Crippen LogP contribution in [0.15, 0.2) is 29.4 Å². The van der Waals surface area contributed by atoms with Crippen molar-refractivity contribution in [3.05, 3.63) is 39.2 Å². The Morgan fingerprint density at radius 3 is 2.84 bits per heavy atom. The van der Waals surface area contributed by atoms with E-state index in [4.69, 9.17) is 0 Å². The average Bonchev–Trinajstić information content (AvgIpc) is 2.72. The van der Waals surface area contributed by atoms with Crippen LogP contribution in [0.2, 0.25) is 0 Å². The zero-order chi connectivity index (χ0) is 13.8. The van der Waals surface area contributed by atoms with E-state index in [9.17, 15) is 4.79 Å². The van der Waals surface area contributed by atoms with Crippen molar-refractivity contribution >= 4 is 40.3 Å². The predicted octanol–water partition coefficient (Wildman–Crippen LogP) is 2.69. The van der Waals surface area contributed by atoms with Crippen LogP contribution in [-0.4, -0.2) is 26.5 Å². The monoisotopic (exact) mass is 388 g/mol. The summed E-state index contributed by atoms with van der Waals surface area (Å²) in [5.74, 6) is 1.37. The number of carbonyl (C=O) groups is 1. The minimum Gasteiger partial charge on any atom is -0.267 e. The summed E-state index contributed by atoms with van der Waals surface area (Å²) >= 11 is 3.68. The summed E-state index contributed by atoms with van der Waals surface area (Å²) in [5.41, 5.74) is 3.47. The van der Waals surface area contributed by atoms with Gasteiger partial charge in [0.15, 0.2) is 0 Å². The highest BCUT2D eigenvalue weighted by Gasteiger charge is 2.14. The molecule has 7 heteroatoms. The molecule has 0 saturated heterocycles. The van der Waals surface area contributed by atoms with Crippen molar-refractivity contribution in [1.82, 2.24) is 14.9 Å². The van der Waals surface area contributed by atoms with Crippen molar-refractivity contribution in [3.63, 3.8) is 0 Å². The first-order valence-corrected chi connectivity index (χ1v) is 7.80. The van der Waals surface area contributed by atoms with Gasteiger partial charge in [0, 0.05) is 3.57 Å². The molecule has 19 heavy (non-hydrogen) atoms. The lowest BCUT2D eigenvalue weighted by Crippen LogP contribution is -2.25. The van der Waals surface area contributed by atoms with Crippen LogP contribution in [0.25, 0.3) is 0 Å². The Balaban J connectivity index is 2.24. The zero-order valence-electron chi connectivity index (χ0n) is 10.6. The highest BCUT2D eigenvalue weighted by molar-refractivity contribution is 14.1. The SMILES string of the molecule is CCSc1nnc(C)n1NC(=O)c1ccccc1I. The fourth-order valence-corrected chi connectivity index (χ4v) is 2.80. The Morgan fingerprint density at radius 2 is 2.16 bits per heavy atom. The molecule has 1 heterocycles. The molecule has 2 aromatic rings. The number of hydrogen-bond acceptors (Lipinski definition) is 4. The topological polar surface area (TPSA) is 59.8 Å². The summed E-state index contributed by atoms with van der Waals surface area (Å²) in [5, 5.41) is 8.71. The Labute approximate surface area is 129 Å². The van der Waals surface area contributed by atoms with E-state index in [1.54, 1.807) is 10.7 Å². The van der Waals surface area contributed by atoms with Crippen LogP contribution >= 0.6 is 34.4 Å². The van der Waals surface area contributed by atoms with Gasteiger partial charge in [-0.25, -0.2) is 4.68 Å². The lowest BCUT2D eigenvalue weighted by molar-refractivity contribution is 0.100. The van der Waals surface area contributed by atoms with Gasteiger partial charge in [-0.2, -0.15) is 0 Å². The maximum atomic E-state index is 12.2. The largest absolute Gasteiger partial charge is 0.271 e. The number of rotatable bonds is 4. The second-order valence-electron chi connectivity index (χ2n) is 3.72. The van der Waals surface area contributed by atoms with Crippen molar-refractivity contribution in [3.8, 4) is 0 Å². The van der Waals surface area contributed by atoms with Crippen molar-refractivity contribution in [2.75, 3.05) is 11.2 Å². The van der Waals surface area contributed by atoms with E-state index in [-0.39, 0.29) is 5.91 Å². The molecule has 0 aliphatic carbocycles. The second-order valence-corrected chi connectivity index (χ2v) is 6.11. The molecule has 0 spiro atoms. The molecule has 0 bridgehead atoms. The molecule has 100 valence electrons. The van der Waals surface area contributed by atoms with Crippen LogP contribution in [0.3, 0.4) is 0 Å². The van der Waals surface area contributed by atoms with Crippen molar-refractivity contribution in [2.24, 2.45) is 0 Å². The van der Waals surface area contributed by atoms with E-state index >= 15 is 0 Å². The van der Waals surface area contributed by atoms with Crippen LogP contribution in [0.4, 0.5) is 0 Å². The Hall–Kier alpha value is -1.09. The lowest BCUT2D eigenvalue weighted by Gasteiger charge is -2.10. The first kappa shape index (κ1) is 14.3. The molecule has 1 N–H and O–H groups in total. The summed E-state index contributed by atoms with van der Waals surface area (Å²) in [6.45, 7) is 3.84. The number of nitrogens with zero attached hydrogens (tertiary/aromatic N) is 3. The maximum Gasteiger partial charge on any atom is 0.271 e. The molecule has 2 rings (SSSR count). The first-order valence-electron chi connectivity index (χ1n) is 5.74. The molecule has 0 aliphatic rings. The molecule has 0 aliphatic heterocycles. The normalized spacial score (nSPS) is 10.5. The number of hydrogen-bond donors (Lipinski definition) is 1. The van der Waals surface area contributed by atoms with Gasteiger partial charge in [0.05, 0.1) is 5.56 Å². The Morgan fingerprint density at radius 1 is 1.42 bits per heavy atom. The molecule has 1 amide bonds. The van der Waals surface area contributed by atoms with Gasteiger partial charge in [-0.05, 0) is 47.4 Å². The van der Waals surface area contributed by atoms with Gasteiger partial charge in [-0.15, -0.1) is 10.2 Å². The second kappa shape index (κ2) is 6.38. The third kappa shape index (κ3) is 3.27. The lowest BCUT2D eigenvalue weighted by atomic mass is 10.2. The van der Waals surface area contributed by atoms with Crippen LogP contribution < -0.4 is 5.43 Å². The van der Waals surface area contributed by atoms with Crippen molar-refractivity contribution < 1.29 is 4.79 Å². The highest BCUT2D eigenvalue weighted by Crippen LogP contribution is 2.16. The van der Waals surface area contributed by atoms with Crippen LogP contribution in [0.5, 0.6) is 0 Å². The molecular weight excluding hydrogens is 375 g/mol. The smallest absolute Gasteiger partial charge is 0.267 e. The number of benzene rings is 1. The number of thioether (sulfide) groups is 1. The molecule has 0 unspecified atom stereocenters. The Bertz CT molecular complexity index is 599. The average molecular weight is 388 g/mol. The summed E-state index contributed by atoms with van der Waals surface area (Å²) in [6.07, 6.45) is 0. The molecule has 1 aromatic carbocycles. The molecule has 1 aromatic heterocycles. The van der Waals surface area contributed by atoms with Crippen molar-refractivity contribution in [1.29, 1.82) is 0 Å². The van der Waals surface area contributed by atoms with Gasteiger partial charge in [0.2, 0.25) is 5.16 Å². The third-order valence-electron chi connectivity index (χ3n) is 2.40. The molecule has 0 saturated carbocycles. The summed E-state index contributed by atoms with van der Waals surface area (Å²) in [6, 6.07) is 7.44. The number of aryl methyl sites for hydroxylation is 1. The maximum absolute atomic E-state index is 12.2. The minimum atomic E-state index is -0.161. The fourth-order valence-electron chi connectivity index (χ4n) is 1.50. The van der Waals surface area contributed by atoms with Gasteiger partial charge < -0.3 is 0 Å². The number of nitrogens with one attached hydrogen (secondary N) is 1. The molecule has 0 fully saturated rings. The zero-order valence-corrected chi connectivity index (χ0v) is 13.5. The minimum absolute atomic E-state index is 0.161. The molecule has 0 radical (unpaired) electrons. The van der Waals surface area contributed by atoms with Gasteiger partial charge in [-0.3, -0.25) is 10.2 Å². The first-order chi connectivity index (χ1) is 9.13. The van der Waals surface area contributed by atoms with Gasteiger partial charge >= 0.3 is 0 Å². The van der Waals surface area contributed by atoms with Gasteiger partial charge in [-0.1, -0.05) is 30.8 Å². The van der Waals surface area contributed by atoms with Gasteiger partial charge in [0.25, 0.3) is 5.91 Å². The number of carbonyl (C=O) groups excluding carboxylic acids is 1. The van der Waals surface area contributed by atoms with E-state index in [0.29, 0.717) is 16.5 Å². The van der Waals surface area contributed by atoms with Crippen molar-refractivity contribution in [2.45, 2.75) is 19.0 Å². The molecule has 5 nitrogen and oxygen atoms in total. The summed E-state index contributed by atoms with van der Waals surface area (Å²) in [4.78, 5) is 12.2. The number of halogens is 1. The highest BCUT2D eigenvalue weighted by atomic mass is 127. The number of amides is 1. The summed E-state index contributed by atoms with van der Waals surface area (Å²) in [7, 11) is 0. The van der Waals surface area contributed by atoms with Crippen LogP contribution in [-0.2, 0) is 0 Å². The Kier molecular flexibility index (Phi) is 4.81. The van der Waals surface area contributed by atoms with E-state index in [0.717, 1.165) is 9.32 Å².